The molecule has 1 unspecified atom stereocenters. The van der Waals surface area contributed by atoms with Crippen molar-refractivity contribution >= 4 is 39.6 Å². The van der Waals surface area contributed by atoms with Crippen molar-refractivity contribution < 1.29 is 13.2 Å². The fraction of sp³-hybridized carbons (Fsp3) is 0.231. The second kappa shape index (κ2) is 6.63. The zero-order valence-corrected chi connectivity index (χ0v) is 14.4. The van der Waals surface area contributed by atoms with Crippen LogP contribution >= 0.6 is 23.2 Å². The number of benzene rings is 1. The Hall–Kier alpha value is -1.76. The van der Waals surface area contributed by atoms with Crippen LogP contribution in [0.1, 0.15) is 18.1 Å². The molecule has 0 fully saturated rings. The Bertz CT molecular complexity index is 870. The van der Waals surface area contributed by atoms with Gasteiger partial charge in [0.25, 0.3) is 0 Å². The Balaban J connectivity index is 2.90. The number of nitrogens with one attached hydrogen (secondary N) is 2. The Morgan fingerprint density at radius 1 is 1.42 bits per heavy atom. The van der Waals surface area contributed by atoms with Crippen molar-refractivity contribution in [3.05, 3.63) is 27.4 Å². The Kier molecular flexibility index (Phi) is 5.13. The Morgan fingerprint density at radius 3 is 2.54 bits per heavy atom. The first-order valence-corrected chi connectivity index (χ1v) is 8.53. The van der Waals surface area contributed by atoms with E-state index in [1.807, 2.05) is 0 Å². The van der Waals surface area contributed by atoms with Crippen LogP contribution in [0.5, 0.6) is 0 Å². The molecule has 0 amide bonds. The minimum absolute atomic E-state index is 0.0395. The van der Waals surface area contributed by atoms with Crippen molar-refractivity contribution in [3.63, 3.8) is 0 Å². The fourth-order valence-corrected chi connectivity index (χ4v) is 3.67. The molecule has 2 aromatic rings. The van der Waals surface area contributed by atoms with Crippen LogP contribution in [0.4, 0.5) is 18.9 Å². The molecule has 2 rings (SSSR count). The maximum Gasteiger partial charge on any atom is 0.419 e. The first-order valence-electron chi connectivity index (χ1n) is 6.38. The van der Waals surface area contributed by atoms with Gasteiger partial charge >= 0.3 is 6.18 Å². The summed E-state index contributed by atoms with van der Waals surface area (Å²) in [7, 11) is -1.01. The molecule has 0 spiro atoms. The number of H-pyrrole nitrogens is 1. The molecule has 0 bridgehead atoms. The van der Waals surface area contributed by atoms with Gasteiger partial charge in [0.2, 0.25) is 0 Å². The summed E-state index contributed by atoms with van der Waals surface area (Å²) in [6, 6.07) is 1.44. The number of nitrogen functional groups attached to an aromatic ring is 1. The summed E-state index contributed by atoms with van der Waals surface area (Å²) in [5, 5.41) is 15.0. The standard InChI is InChI=1S/C13H10Cl2F3N5S/c1-2-24(21)12-6(4-22-23-12)7-9(14)5(3-19)8(13(16,17)18)11(20)10(7)15/h4,21H,2,20H2,1H3,(H,22,23). The Morgan fingerprint density at radius 2 is 2.04 bits per heavy atom. The van der Waals surface area contributed by atoms with Gasteiger partial charge in [-0.2, -0.15) is 23.5 Å². The number of halogens is 5. The third kappa shape index (κ3) is 2.97. The number of rotatable bonds is 3. The van der Waals surface area contributed by atoms with E-state index in [9.17, 15) is 13.2 Å². The van der Waals surface area contributed by atoms with E-state index >= 15 is 0 Å². The van der Waals surface area contributed by atoms with Crippen molar-refractivity contribution in [2.24, 2.45) is 0 Å². The molecule has 0 aliphatic heterocycles. The minimum Gasteiger partial charge on any atom is -0.397 e. The number of hydrogen-bond acceptors (Lipinski definition) is 4. The molecule has 11 heteroatoms. The zero-order valence-electron chi connectivity index (χ0n) is 12.1. The van der Waals surface area contributed by atoms with Gasteiger partial charge in [0.1, 0.15) is 11.1 Å². The lowest BCUT2D eigenvalue weighted by atomic mass is 9.98. The van der Waals surface area contributed by atoms with Gasteiger partial charge in [0.05, 0.1) is 33.1 Å². The quantitative estimate of drug-likeness (QED) is 0.660. The van der Waals surface area contributed by atoms with E-state index in [-0.39, 0.29) is 11.1 Å². The predicted octanol–water partition coefficient (Wildman–Crippen LogP) is 4.62. The molecule has 0 saturated heterocycles. The lowest BCUT2D eigenvalue weighted by molar-refractivity contribution is -0.137. The third-order valence-electron chi connectivity index (χ3n) is 3.22. The molecule has 0 aliphatic rings. The summed E-state index contributed by atoms with van der Waals surface area (Å²) < 4.78 is 47.6. The van der Waals surface area contributed by atoms with Crippen molar-refractivity contribution in [2.75, 3.05) is 11.5 Å². The first kappa shape index (κ1) is 18.6. The molecule has 0 radical (unpaired) electrons. The van der Waals surface area contributed by atoms with Crippen LogP contribution < -0.4 is 5.73 Å². The molecule has 128 valence electrons. The highest BCUT2D eigenvalue weighted by molar-refractivity contribution is 7.86. The van der Waals surface area contributed by atoms with E-state index in [1.165, 1.54) is 12.3 Å². The number of aromatic amines is 1. The summed E-state index contributed by atoms with van der Waals surface area (Å²) >= 11 is 12.1. The SMILES string of the molecule is CCS(=N)c1[nH]ncc1-c1c(Cl)c(N)c(C(F)(F)F)c(C#N)c1Cl. The van der Waals surface area contributed by atoms with Gasteiger partial charge in [-0.3, -0.25) is 9.88 Å². The highest BCUT2D eigenvalue weighted by Gasteiger charge is 2.40. The van der Waals surface area contributed by atoms with Gasteiger partial charge in [0, 0.05) is 16.9 Å². The first-order chi connectivity index (χ1) is 11.1. The Labute approximate surface area is 147 Å². The van der Waals surface area contributed by atoms with Crippen LogP contribution in [0.15, 0.2) is 11.2 Å². The lowest BCUT2D eigenvalue weighted by Crippen LogP contribution is -2.13. The summed E-state index contributed by atoms with van der Waals surface area (Å²) in [6.45, 7) is 1.77. The number of alkyl halides is 3. The summed E-state index contributed by atoms with van der Waals surface area (Å²) in [5.41, 5.74) is 2.79. The number of nitrogens with zero attached hydrogens (tertiary/aromatic N) is 2. The normalized spacial score (nSPS) is 12.9. The van der Waals surface area contributed by atoms with Crippen molar-refractivity contribution in [2.45, 2.75) is 18.1 Å². The fourth-order valence-electron chi connectivity index (χ4n) is 2.13. The molecule has 4 N–H and O–H groups in total. The zero-order chi connectivity index (χ0) is 18.2. The molecule has 1 aromatic carbocycles. The van der Waals surface area contributed by atoms with E-state index < -0.39 is 43.7 Å². The molecular formula is C13H10Cl2F3N5S. The number of nitriles is 1. The van der Waals surface area contributed by atoms with Crippen LogP contribution in [-0.4, -0.2) is 16.0 Å². The maximum absolute atomic E-state index is 13.2. The van der Waals surface area contributed by atoms with Crippen LogP contribution in [0, 0.1) is 16.1 Å². The second-order valence-electron chi connectivity index (χ2n) is 4.57. The van der Waals surface area contributed by atoms with Crippen LogP contribution in [0.2, 0.25) is 10.0 Å². The summed E-state index contributed by atoms with van der Waals surface area (Å²) in [5.74, 6) is 0.450. The van der Waals surface area contributed by atoms with E-state index in [4.69, 9.17) is 39.0 Å². The molecule has 5 nitrogen and oxygen atoms in total. The molecule has 0 aliphatic carbocycles. The average Bonchev–Trinajstić information content (AvgIpc) is 2.98. The monoisotopic (exact) mass is 395 g/mol. The predicted molar refractivity (Wildman–Crippen MR) is 87.1 cm³/mol. The van der Waals surface area contributed by atoms with Crippen LogP contribution in [-0.2, 0) is 16.9 Å². The van der Waals surface area contributed by atoms with E-state index in [0.717, 1.165) is 0 Å². The van der Waals surface area contributed by atoms with E-state index in [1.54, 1.807) is 6.92 Å². The molecule has 1 aromatic heterocycles. The van der Waals surface area contributed by atoms with Crippen LogP contribution in [0.3, 0.4) is 0 Å². The molecule has 24 heavy (non-hydrogen) atoms. The average molecular weight is 396 g/mol. The second-order valence-corrected chi connectivity index (χ2v) is 7.09. The molecule has 0 saturated carbocycles. The number of hydrogen-bond donors (Lipinski definition) is 3. The van der Waals surface area contributed by atoms with E-state index in [0.29, 0.717) is 10.8 Å². The number of nitrogens with two attached hydrogens (primary N) is 1. The number of anilines is 1. The van der Waals surface area contributed by atoms with Gasteiger partial charge in [-0.1, -0.05) is 40.8 Å². The topological polar surface area (TPSA) is 102 Å². The molecule has 1 heterocycles. The van der Waals surface area contributed by atoms with E-state index in [2.05, 4.69) is 10.2 Å². The summed E-state index contributed by atoms with van der Waals surface area (Å²) in [6.07, 6.45) is -3.59. The minimum atomic E-state index is -4.89. The van der Waals surface area contributed by atoms with Crippen molar-refractivity contribution in [1.82, 2.24) is 10.2 Å². The molecular weight excluding hydrogens is 386 g/mol. The highest BCUT2D eigenvalue weighted by atomic mass is 35.5. The molecule has 1 atom stereocenters. The van der Waals surface area contributed by atoms with Crippen molar-refractivity contribution in [1.29, 1.82) is 10.0 Å². The highest BCUT2D eigenvalue weighted by Crippen LogP contribution is 2.48. The third-order valence-corrected chi connectivity index (χ3v) is 5.37. The van der Waals surface area contributed by atoms with Crippen LogP contribution in [0.25, 0.3) is 11.1 Å². The largest absolute Gasteiger partial charge is 0.419 e. The lowest BCUT2D eigenvalue weighted by Gasteiger charge is -2.18. The van der Waals surface area contributed by atoms with Gasteiger partial charge < -0.3 is 5.73 Å². The van der Waals surface area contributed by atoms with Gasteiger partial charge in [-0.15, -0.1) is 0 Å². The summed E-state index contributed by atoms with van der Waals surface area (Å²) in [4.78, 5) is 0. The smallest absolute Gasteiger partial charge is 0.397 e. The van der Waals surface area contributed by atoms with Crippen molar-refractivity contribution in [3.8, 4) is 17.2 Å². The van der Waals surface area contributed by atoms with Gasteiger partial charge in [-0.25, -0.2) is 0 Å². The maximum atomic E-state index is 13.2. The van der Waals surface area contributed by atoms with Gasteiger partial charge in [0.15, 0.2) is 0 Å². The van der Waals surface area contributed by atoms with Gasteiger partial charge in [-0.05, 0) is 0 Å². The number of aromatic nitrogens is 2.